The minimum atomic E-state index is 0.494. The number of anilines is 3. The summed E-state index contributed by atoms with van der Waals surface area (Å²) in [6, 6.07) is 15.5. The average Bonchev–Trinajstić information content (AvgIpc) is 2.39. The van der Waals surface area contributed by atoms with Crippen molar-refractivity contribution >= 4 is 28.2 Å². The number of para-hydroxylation sites is 1. The fraction of sp³-hybridized carbons (Fsp3) is 0. The minimum absolute atomic E-state index is 0.494. The van der Waals surface area contributed by atoms with Crippen molar-refractivity contribution in [2.45, 2.75) is 0 Å². The van der Waals surface area contributed by atoms with E-state index in [4.69, 9.17) is 5.73 Å². The maximum atomic E-state index is 5.64. The monoisotopic (exact) mass is 236 g/mol. The minimum Gasteiger partial charge on any atom is -0.384 e. The lowest BCUT2D eigenvalue weighted by molar-refractivity contribution is 1.30. The lowest BCUT2D eigenvalue weighted by atomic mass is 10.2. The van der Waals surface area contributed by atoms with Crippen LogP contribution in [0.4, 0.5) is 17.3 Å². The van der Waals surface area contributed by atoms with Gasteiger partial charge >= 0.3 is 0 Å². The molecule has 0 aliphatic heterocycles. The normalized spacial score (nSPS) is 10.4. The van der Waals surface area contributed by atoms with Crippen molar-refractivity contribution in [2.24, 2.45) is 0 Å². The first-order valence-electron chi connectivity index (χ1n) is 5.66. The van der Waals surface area contributed by atoms with E-state index in [1.165, 1.54) is 0 Å². The Balaban J connectivity index is 1.95. The summed E-state index contributed by atoms with van der Waals surface area (Å²) in [6.07, 6.45) is 1.78. The number of aromatic nitrogens is 2. The molecule has 0 saturated carbocycles. The second kappa shape index (κ2) is 4.33. The standard InChI is InChI=1S/C14H12N4/c15-13-6-3-7-14(18-13)17-11-8-10-4-1-2-5-12(10)16-9-11/h1-9H,(H3,15,17,18). The molecule has 0 radical (unpaired) electrons. The fourth-order valence-corrected chi connectivity index (χ4v) is 1.81. The zero-order valence-electron chi connectivity index (χ0n) is 9.67. The highest BCUT2D eigenvalue weighted by Gasteiger charge is 1.99. The van der Waals surface area contributed by atoms with Crippen molar-refractivity contribution < 1.29 is 0 Å². The third-order valence-electron chi connectivity index (χ3n) is 2.63. The number of fused-ring (bicyclic) bond motifs is 1. The first kappa shape index (κ1) is 10.5. The van der Waals surface area contributed by atoms with E-state index in [1.807, 2.05) is 42.5 Å². The molecule has 2 heterocycles. The molecule has 4 nitrogen and oxygen atoms in total. The molecule has 0 aliphatic carbocycles. The number of nitrogens with two attached hydrogens (primary N) is 1. The molecule has 4 heteroatoms. The quantitative estimate of drug-likeness (QED) is 0.718. The Kier molecular flexibility index (Phi) is 2.53. The summed E-state index contributed by atoms with van der Waals surface area (Å²) in [5.74, 6) is 1.21. The Bertz CT molecular complexity index is 694. The van der Waals surface area contributed by atoms with Gasteiger partial charge < -0.3 is 11.1 Å². The second-order valence-corrected chi connectivity index (χ2v) is 3.99. The van der Waals surface area contributed by atoms with Gasteiger partial charge in [0.15, 0.2) is 0 Å². The molecule has 0 atom stereocenters. The summed E-state index contributed by atoms with van der Waals surface area (Å²) in [7, 11) is 0. The Morgan fingerprint density at radius 2 is 1.89 bits per heavy atom. The van der Waals surface area contributed by atoms with E-state index in [9.17, 15) is 0 Å². The van der Waals surface area contributed by atoms with Gasteiger partial charge in [-0.25, -0.2) is 4.98 Å². The van der Waals surface area contributed by atoms with Crippen LogP contribution in [0, 0.1) is 0 Å². The van der Waals surface area contributed by atoms with Gasteiger partial charge in [0.2, 0.25) is 0 Å². The third-order valence-corrected chi connectivity index (χ3v) is 2.63. The summed E-state index contributed by atoms with van der Waals surface area (Å²) in [6.45, 7) is 0. The number of nitrogens with zero attached hydrogens (tertiary/aromatic N) is 2. The summed E-state index contributed by atoms with van der Waals surface area (Å²) in [5.41, 5.74) is 7.51. The van der Waals surface area contributed by atoms with Crippen LogP contribution in [0.1, 0.15) is 0 Å². The molecule has 3 N–H and O–H groups in total. The van der Waals surface area contributed by atoms with Gasteiger partial charge in [-0.1, -0.05) is 24.3 Å². The Morgan fingerprint density at radius 3 is 2.78 bits per heavy atom. The predicted molar refractivity (Wildman–Crippen MR) is 73.7 cm³/mol. The number of pyridine rings is 2. The molecule has 18 heavy (non-hydrogen) atoms. The number of hydrogen-bond acceptors (Lipinski definition) is 4. The van der Waals surface area contributed by atoms with Crippen LogP contribution in [-0.2, 0) is 0 Å². The molecule has 0 spiro atoms. The van der Waals surface area contributed by atoms with Crippen LogP contribution in [0.2, 0.25) is 0 Å². The molecule has 0 bridgehead atoms. The van der Waals surface area contributed by atoms with Gasteiger partial charge in [-0.3, -0.25) is 4.98 Å². The number of benzene rings is 1. The SMILES string of the molecule is Nc1cccc(Nc2cnc3ccccc3c2)n1. The molecule has 0 unspecified atom stereocenters. The van der Waals surface area contributed by atoms with Crippen molar-refractivity contribution in [2.75, 3.05) is 11.1 Å². The van der Waals surface area contributed by atoms with Crippen molar-refractivity contribution in [1.82, 2.24) is 9.97 Å². The molecule has 88 valence electrons. The molecule has 0 fully saturated rings. The van der Waals surface area contributed by atoms with Crippen molar-refractivity contribution in [3.8, 4) is 0 Å². The zero-order chi connectivity index (χ0) is 12.4. The van der Waals surface area contributed by atoms with Gasteiger partial charge in [0.1, 0.15) is 11.6 Å². The lowest BCUT2D eigenvalue weighted by Gasteiger charge is -2.06. The van der Waals surface area contributed by atoms with Crippen LogP contribution in [0.25, 0.3) is 10.9 Å². The maximum absolute atomic E-state index is 5.64. The molecular formula is C14H12N4. The summed E-state index contributed by atoms with van der Waals surface area (Å²) in [4.78, 5) is 8.57. The van der Waals surface area contributed by atoms with Gasteiger partial charge in [0.05, 0.1) is 17.4 Å². The largest absolute Gasteiger partial charge is 0.384 e. The smallest absolute Gasteiger partial charge is 0.132 e. The molecule has 2 aromatic heterocycles. The number of hydrogen-bond donors (Lipinski definition) is 2. The highest BCUT2D eigenvalue weighted by atomic mass is 15.0. The van der Waals surface area contributed by atoms with E-state index in [0.29, 0.717) is 11.6 Å². The molecular weight excluding hydrogens is 224 g/mol. The van der Waals surface area contributed by atoms with E-state index < -0.39 is 0 Å². The molecule has 1 aromatic carbocycles. The van der Waals surface area contributed by atoms with Crippen LogP contribution in [-0.4, -0.2) is 9.97 Å². The van der Waals surface area contributed by atoms with Crippen LogP contribution in [0.15, 0.2) is 54.7 Å². The van der Waals surface area contributed by atoms with Gasteiger partial charge in [0.25, 0.3) is 0 Å². The van der Waals surface area contributed by atoms with E-state index >= 15 is 0 Å². The van der Waals surface area contributed by atoms with E-state index in [2.05, 4.69) is 15.3 Å². The predicted octanol–water partition coefficient (Wildman–Crippen LogP) is 2.96. The van der Waals surface area contributed by atoms with E-state index in [1.54, 1.807) is 12.3 Å². The van der Waals surface area contributed by atoms with Crippen LogP contribution >= 0.6 is 0 Å². The topological polar surface area (TPSA) is 63.8 Å². The molecule has 0 amide bonds. The highest BCUT2D eigenvalue weighted by molar-refractivity contribution is 5.82. The van der Waals surface area contributed by atoms with Crippen LogP contribution < -0.4 is 11.1 Å². The molecule has 3 aromatic rings. The van der Waals surface area contributed by atoms with Crippen molar-refractivity contribution in [3.05, 3.63) is 54.7 Å². The molecule has 3 rings (SSSR count). The Hall–Kier alpha value is -2.62. The molecule has 0 saturated heterocycles. The first-order valence-corrected chi connectivity index (χ1v) is 5.66. The summed E-state index contributed by atoms with van der Waals surface area (Å²) in [5, 5.41) is 4.27. The van der Waals surface area contributed by atoms with E-state index in [0.717, 1.165) is 16.6 Å². The Labute approximate surface area is 104 Å². The highest BCUT2D eigenvalue weighted by Crippen LogP contribution is 2.19. The van der Waals surface area contributed by atoms with Gasteiger partial charge in [-0.15, -0.1) is 0 Å². The maximum Gasteiger partial charge on any atom is 0.132 e. The van der Waals surface area contributed by atoms with E-state index in [-0.39, 0.29) is 0 Å². The second-order valence-electron chi connectivity index (χ2n) is 3.99. The van der Waals surface area contributed by atoms with Gasteiger partial charge in [0, 0.05) is 5.39 Å². The number of nitrogen functional groups attached to an aromatic ring is 1. The third kappa shape index (κ3) is 2.08. The number of nitrogens with one attached hydrogen (secondary N) is 1. The van der Waals surface area contributed by atoms with Crippen LogP contribution in [0.3, 0.4) is 0 Å². The van der Waals surface area contributed by atoms with Crippen molar-refractivity contribution in [1.29, 1.82) is 0 Å². The summed E-state index contributed by atoms with van der Waals surface area (Å²) < 4.78 is 0. The fourth-order valence-electron chi connectivity index (χ4n) is 1.81. The van der Waals surface area contributed by atoms with Crippen LogP contribution in [0.5, 0.6) is 0 Å². The average molecular weight is 236 g/mol. The van der Waals surface area contributed by atoms with Gasteiger partial charge in [-0.05, 0) is 24.3 Å². The zero-order valence-corrected chi connectivity index (χ0v) is 9.67. The summed E-state index contributed by atoms with van der Waals surface area (Å²) >= 11 is 0. The molecule has 0 aliphatic rings. The van der Waals surface area contributed by atoms with Gasteiger partial charge in [-0.2, -0.15) is 0 Å². The lowest BCUT2D eigenvalue weighted by Crippen LogP contribution is -1.97. The Morgan fingerprint density at radius 1 is 1.00 bits per heavy atom. The number of rotatable bonds is 2. The van der Waals surface area contributed by atoms with Crippen molar-refractivity contribution in [3.63, 3.8) is 0 Å². The first-order chi connectivity index (χ1) is 8.81.